The summed E-state index contributed by atoms with van der Waals surface area (Å²) in [5.41, 5.74) is 1.32. The van der Waals surface area contributed by atoms with E-state index in [1.165, 1.54) is 18.2 Å². The molecule has 0 saturated carbocycles. The number of carbonyl (C=O) groups is 1. The maximum atomic E-state index is 12.1. The van der Waals surface area contributed by atoms with E-state index >= 15 is 0 Å². The molecule has 20 heavy (non-hydrogen) atoms. The number of rotatable bonds is 4. The zero-order chi connectivity index (χ0) is 14.7. The molecule has 2 rings (SSSR count). The second kappa shape index (κ2) is 5.79. The van der Waals surface area contributed by atoms with Gasteiger partial charge in [0.25, 0.3) is 5.69 Å². The summed E-state index contributed by atoms with van der Waals surface area (Å²) in [5.74, 6) is -0.357. The number of carbonyl (C=O) groups excluding carboxylic acids is 1. The molecule has 6 heteroatoms. The Morgan fingerprint density at radius 2 is 2.10 bits per heavy atom. The first kappa shape index (κ1) is 14.1. The normalized spacial score (nSPS) is 10.3. The van der Waals surface area contributed by atoms with Gasteiger partial charge in [0.2, 0.25) is 0 Å². The lowest BCUT2D eigenvalue weighted by Gasteiger charge is -2.03. The highest BCUT2D eigenvalue weighted by atomic mass is 35.5. The topological polar surface area (TPSA) is 73.1 Å². The zero-order valence-electron chi connectivity index (χ0n) is 10.7. The lowest BCUT2D eigenvalue weighted by atomic mass is 10.0. The molecule has 0 radical (unpaired) electrons. The average molecular weight is 291 g/mol. The third kappa shape index (κ3) is 3.19. The van der Waals surface area contributed by atoms with Crippen molar-refractivity contribution in [2.24, 2.45) is 0 Å². The Kier molecular flexibility index (Phi) is 4.10. The van der Waals surface area contributed by atoms with Gasteiger partial charge in [-0.15, -0.1) is 0 Å². The van der Waals surface area contributed by atoms with Crippen molar-refractivity contribution in [1.82, 2.24) is 4.98 Å². The number of aromatic nitrogens is 1. The van der Waals surface area contributed by atoms with Crippen LogP contribution in [-0.4, -0.2) is 15.7 Å². The molecule has 0 aliphatic rings. The van der Waals surface area contributed by atoms with Crippen molar-refractivity contribution in [2.75, 3.05) is 0 Å². The van der Waals surface area contributed by atoms with Gasteiger partial charge in [-0.2, -0.15) is 0 Å². The molecule has 0 unspecified atom stereocenters. The standard InChI is InChI=1S/C14H11ClN2O3/c1-9-2-4-11(16-8-9)7-14(18)12-5-3-10(15)6-13(12)17(19)20/h2-6,8H,7H2,1H3. The molecule has 0 bridgehead atoms. The fraction of sp³-hybridized carbons (Fsp3) is 0.143. The van der Waals surface area contributed by atoms with E-state index in [1.807, 2.05) is 13.0 Å². The van der Waals surface area contributed by atoms with Crippen molar-refractivity contribution in [1.29, 1.82) is 0 Å². The third-order valence-corrected chi connectivity index (χ3v) is 3.01. The van der Waals surface area contributed by atoms with Gasteiger partial charge in [-0.3, -0.25) is 19.9 Å². The molecule has 0 fully saturated rings. The number of aryl methyl sites for hydroxylation is 1. The molecule has 0 N–H and O–H groups in total. The number of hydrogen-bond donors (Lipinski definition) is 0. The second-order valence-corrected chi connectivity index (χ2v) is 4.78. The minimum absolute atomic E-state index is 0.0166. The molecular formula is C14H11ClN2O3. The number of ketones is 1. The van der Waals surface area contributed by atoms with Crippen molar-refractivity contribution in [3.05, 3.63) is 68.5 Å². The molecule has 2 aromatic rings. The van der Waals surface area contributed by atoms with Crippen LogP contribution in [0.3, 0.4) is 0 Å². The van der Waals surface area contributed by atoms with Crippen molar-refractivity contribution >= 4 is 23.1 Å². The highest BCUT2D eigenvalue weighted by Gasteiger charge is 2.20. The third-order valence-electron chi connectivity index (χ3n) is 2.77. The van der Waals surface area contributed by atoms with Crippen molar-refractivity contribution < 1.29 is 9.72 Å². The molecule has 0 saturated heterocycles. The largest absolute Gasteiger partial charge is 0.293 e. The van der Waals surface area contributed by atoms with E-state index in [0.717, 1.165) is 5.56 Å². The number of nitro benzene ring substituents is 1. The summed E-state index contributed by atoms with van der Waals surface area (Å²) in [6.45, 7) is 1.89. The highest BCUT2D eigenvalue weighted by Crippen LogP contribution is 2.24. The number of benzene rings is 1. The fourth-order valence-electron chi connectivity index (χ4n) is 1.75. The average Bonchev–Trinajstić information content (AvgIpc) is 2.41. The first-order valence-electron chi connectivity index (χ1n) is 5.86. The monoisotopic (exact) mass is 290 g/mol. The Hall–Kier alpha value is -2.27. The van der Waals surface area contributed by atoms with Gasteiger partial charge in [-0.05, 0) is 30.7 Å². The van der Waals surface area contributed by atoms with Crippen LogP contribution in [0.5, 0.6) is 0 Å². The van der Waals surface area contributed by atoms with Crippen LogP contribution in [0.15, 0.2) is 36.5 Å². The van der Waals surface area contributed by atoms with Gasteiger partial charge in [0.1, 0.15) is 0 Å². The molecule has 1 heterocycles. The van der Waals surface area contributed by atoms with E-state index in [9.17, 15) is 14.9 Å². The number of nitro groups is 1. The molecule has 102 valence electrons. The summed E-state index contributed by atoms with van der Waals surface area (Å²) >= 11 is 5.72. The van der Waals surface area contributed by atoms with Crippen LogP contribution in [0, 0.1) is 17.0 Å². The first-order chi connectivity index (χ1) is 9.47. The van der Waals surface area contributed by atoms with Gasteiger partial charge in [-0.1, -0.05) is 17.7 Å². The van der Waals surface area contributed by atoms with Crippen molar-refractivity contribution in [3.8, 4) is 0 Å². The van der Waals surface area contributed by atoms with E-state index in [1.54, 1.807) is 12.3 Å². The highest BCUT2D eigenvalue weighted by molar-refractivity contribution is 6.31. The number of hydrogen-bond acceptors (Lipinski definition) is 4. The summed E-state index contributed by atoms with van der Waals surface area (Å²) in [5, 5.41) is 11.2. The fourth-order valence-corrected chi connectivity index (χ4v) is 1.92. The van der Waals surface area contributed by atoms with Crippen molar-refractivity contribution in [3.63, 3.8) is 0 Å². The lowest BCUT2D eigenvalue weighted by molar-refractivity contribution is -0.385. The van der Waals surface area contributed by atoms with Gasteiger partial charge < -0.3 is 0 Å². The Bertz CT molecular complexity index is 669. The Balaban J connectivity index is 2.29. The van der Waals surface area contributed by atoms with Crippen LogP contribution in [0.4, 0.5) is 5.69 Å². The first-order valence-corrected chi connectivity index (χ1v) is 6.24. The van der Waals surface area contributed by atoms with Gasteiger partial charge in [0.15, 0.2) is 5.78 Å². The van der Waals surface area contributed by atoms with E-state index < -0.39 is 4.92 Å². The molecule has 0 spiro atoms. The Morgan fingerprint density at radius 3 is 2.70 bits per heavy atom. The maximum absolute atomic E-state index is 12.1. The predicted molar refractivity (Wildman–Crippen MR) is 75.1 cm³/mol. The summed E-state index contributed by atoms with van der Waals surface area (Å²) < 4.78 is 0. The molecule has 0 aliphatic heterocycles. The molecule has 1 aromatic heterocycles. The number of nitrogens with zero attached hydrogens (tertiary/aromatic N) is 2. The molecule has 1 aromatic carbocycles. The van der Waals surface area contributed by atoms with Crippen LogP contribution in [0.2, 0.25) is 5.02 Å². The van der Waals surface area contributed by atoms with E-state index in [0.29, 0.717) is 5.69 Å². The molecule has 0 aliphatic carbocycles. The molecular weight excluding hydrogens is 280 g/mol. The SMILES string of the molecule is Cc1ccc(CC(=O)c2ccc(Cl)cc2[N+](=O)[O-])nc1. The van der Waals surface area contributed by atoms with E-state index in [4.69, 9.17) is 11.6 Å². The minimum Gasteiger partial charge on any atom is -0.293 e. The second-order valence-electron chi connectivity index (χ2n) is 4.35. The lowest BCUT2D eigenvalue weighted by Crippen LogP contribution is -2.08. The van der Waals surface area contributed by atoms with Crippen LogP contribution in [0.25, 0.3) is 0 Å². The van der Waals surface area contributed by atoms with Gasteiger partial charge in [-0.25, -0.2) is 0 Å². The van der Waals surface area contributed by atoms with Crippen LogP contribution in [0.1, 0.15) is 21.6 Å². The smallest absolute Gasteiger partial charge is 0.281 e. The predicted octanol–water partition coefficient (Wildman–Crippen LogP) is 3.38. The Morgan fingerprint density at radius 1 is 1.35 bits per heavy atom. The number of Topliss-reactive ketones (excluding diaryl/α,β-unsaturated/α-hetero) is 1. The van der Waals surface area contributed by atoms with E-state index in [-0.39, 0.29) is 28.5 Å². The summed E-state index contributed by atoms with van der Waals surface area (Å²) in [4.78, 5) is 26.6. The Labute approximate surface area is 120 Å². The van der Waals surface area contributed by atoms with Crippen molar-refractivity contribution in [2.45, 2.75) is 13.3 Å². The summed E-state index contributed by atoms with van der Waals surface area (Å²) in [6, 6.07) is 7.58. The number of pyridine rings is 1. The van der Waals surface area contributed by atoms with Gasteiger partial charge >= 0.3 is 0 Å². The quantitative estimate of drug-likeness (QED) is 0.491. The summed E-state index contributed by atoms with van der Waals surface area (Å²) in [7, 11) is 0. The van der Waals surface area contributed by atoms with Crippen LogP contribution >= 0.6 is 11.6 Å². The van der Waals surface area contributed by atoms with E-state index in [2.05, 4.69) is 4.98 Å². The molecule has 5 nitrogen and oxygen atoms in total. The minimum atomic E-state index is -0.609. The molecule has 0 amide bonds. The van der Waals surface area contributed by atoms with Crippen LogP contribution < -0.4 is 0 Å². The molecule has 0 atom stereocenters. The maximum Gasteiger partial charge on any atom is 0.281 e. The number of halogens is 1. The van der Waals surface area contributed by atoms with Crippen LogP contribution in [-0.2, 0) is 6.42 Å². The van der Waals surface area contributed by atoms with Gasteiger partial charge in [0.05, 0.1) is 16.9 Å². The summed E-state index contributed by atoms with van der Waals surface area (Å²) in [6.07, 6.45) is 1.67. The van der Waals surface area contributed by atoms with Gasteiger partial charge in [0, 0.05) is 23.0 Å². The zero-order valence-corrected chi connectivity index (χ0v) is 11.4.